The first-order chi connectivity index (χ1) is 10.0. The minimum atomic E-state index is -0.957. The quantitative estimate of drug-likeness (QED) is 0.867. The summed E-state index contributed by atoms with van der Waals surface area (Å²) >= 11 is 0. The third-order valence-corrected chi connectivity index (χ3v) is 3.66. The molecule has 7 heteroatoms. The third kappa shape index (κ3) is 3.42. The van der Waals surface area contributed by atoms with Crippen molar-refractivity contribution < 1.29 is 19.4 Å². The summed E-state index contributed by atoms with van der Waals surface area (Å²) in [6, 6.07) is 2.40. The molecule has 0 saturated carbocycles. The van der Waals surface area contributed by atoms with Crippen molar-refractivity contribution in [3.63, 3.8) is 0 Å². The van der Waals surface area contributed by atoms with Crippen LogP contribution < -0.4 is 10.1 Å². The lowest BCUT2D eigenvalue weighted by Crippen LogP contribution is -2.47. The van der Waals surface area contributed by atoms with E-state index in [1.807, 2.05) is 6.92 Å². The fourth-order valence-corrected chi connectivity index (χ4v) is 2.47. The van der Waals surface area contributed by atoms with E-state index >= 15 is 0 Å². The molecular weight excluding hydrogens is 274 g/mol. The van der Waals surface area contributed by atoms with Gasteiger partial charge in [0.25, 0.3) is 0 Å². The molecule has 2 atom stereocenters. The van der Waals surface area contributed by atoms with Crippen molar-refractivity contribution in [1.82, 2.24) is 15.2 Å². The van der Waals surface area contributed by atoms with Crippen LogP contribution in [0.1, 0.15) is 18.9 Å². The van der Waals surface area contributed by atoms with E-state index in [9.17, 15) is 14.7 Å². The minimum absolute atomic E-state index is 0.0316. The number of hydrogen-bond acceptors (Lipinski definition) is 4. The van der Waals surface area contributed by atoms with Crippen LogP contribution in [0.2, 0.25) is 0 Å². The SMILES string of the molecule is COc1ccc(CNC(=O)N2CCC(C)C2C(=O)O)cn1. The highest BCUT2D eigenvalue weighted by Crippen LogP contribution is 2.24. The number of carbonyl (C=O) groups excluding carboxylic acids is 1. The maximum Gasteiger partial charge on any atom is 0.326 e. The fraction of sp³-hybridized carbons (Fsp3) is 0.500. The van der Waals surface area contributed by atoms with E-state index < -0.39 is 12.0 Å². The molecule has 2 amide bonds. The van der Waals surface area contributed by atoms with Crippen LogP contribution in [0.4, 0.5) is 4.79 Å². The molecule has 21 heavy (non-hydrogen) atoms. The van der Waals surface area contributed by atoms with E-state index in [2.05, 4.69) is 10.3 Å². The Morgan fingerprint density at radius 2 is 2.29 bits per heavy atom. The number of pyridine rings is 1. The normalized spacial score (nSPS) is 21.1. The third-order valence-electron chi connectivity index (χ3n) is 3.66. The predicted octanol–water partition coefficient (Wildman–Crippen LogP) is 1.09. The fourth-order valence-electron chi connectivity index (χ4n) is 2.47. The number of carboxylic acids is 1. The van der Waals surface area contributed by atoms with Gasteiger partial charge in [-0.1, -0.05) is 13.0 Å². The summed E-state index contributed by atoms with van der Waals surface area (Å²) in [6.45, 7) is 2.61. The van der Waals surface area contributed by atoms with Gasteiger partial charge in [0.2, 0.25) is 5.88 Å². The van der Waals surface area contributed by atoms with Crippen molar-refractivity contribution in [3.8, 4) is 5.88 Å². The van der Waals surface area contributed by atoms with Crippen LogP contribution in [0, 0.1) is 5.92 Å². The number of nitrogens with zero attached hydrogens (tertiary/aromatic N) is 2. The lowest BCUT2D eigenvalue weighted by Gasteiger charge is -2.23. The topological polar surface area (TPSA) is 91.8 Å². The average molecular weight is 293 g/mol. The zero-order valence-electron chi connectivity index (χ0n) is 12.1. The first-order valence-corrected chi connectivity index (χ1v) is 6.79. The van der Waals surface area contributed by atoms with Crippen molar-refractivity contribution in [1.29, 1.82) is 0 Å². The van der Waals surface area contributed by atoms with Crippen molar-refractivity contribution in [2.45, 2.75) is 25.9 Å². The molecule has 2 N–H and O–H groups in total. The Kier molecular flexibility index (Phi) is 4.62. The summed E-state index contributed by atoms with van der Waals surface area (Å²) in [6.07, 6.45) is 2.31. The van der Waals surface area contributed by atoms with E-state index in [1.54, 1.807) is 18.3 Å². The van der Waals surface area contributed by atoms with Crippen LogP contribution in [0.15, 0.2) is 18.3 Å². The summed E-state index contributed by atoms with van der Waals surface area (Å²) in [5, 5.41) is 11.9. The Labute approximate surface area is 122 Å². The van der Waals surface area contributed by atoms with Gasteiger partial charge >= 0.3 is 12.0 Å². The van der Waals surface area contributed by atoms with Gasteiger partial charge in [-0.15, -0.1) is 0 Å². The van der Waals surface area contributed by atoms with Crippen LogP contribution in [-0.2, 0) is 11.3 Å². The first kappa shape index (κ1) is 15.1. The summed E-state index contributed by atoms with van der Waals surface area (Å²) in [5.41, 5.74) is 0.822. The second-order valence-corrected chi connectivity index (χ2v) is 5.11. The minimum Gasteiger partial charge on any atom is -0.481 e. The Balaban J connectivity index is 1.93. The second-order valence-electron chi connectivity index (χ2n) is 5.11. The second kappa shape index (κ2) is 6.43. The molecule has 114 valence electrons. The highest BCUT2D eigenvalue weighted by molar-refractivity contribution is 5.83. The summed E-state index contributed by atoms with van der Waals surface area (Å²) in [7, 11) is 1.53. The van der Waals surface area contributed by atoms with E-state index in [0.29, 0.717) is 25.4 Å². The molecule has 1 aliphatic rings. The largest absolute Gasteiger partial charge is 0.481 e. The summed E-state index contributed by atoms with van der Waals surface area (Å²) in [5.74, 6) is -0.485. The Hall–Kier alpha value is -2.31. The highest BCUT2D eigenvalue weighted by Gasteiger charge is 2.39. The maximum atomic E-state index is 12.1. The molecule has 1 aromatic heterocycles. The average Bonchev–Trinajstić information content (AvgIpc) is 2.87. The van der Waals surface area contributed by atoms with Crippen LogP contribution in [0.25, 0.3) is 0 Å². The van der Waals surface area contributed by atoms with Gasteiger partial charge in [0.05, 0.1) is 7.11 Å². The van der Waals surface area contributed by atoms with Crippen molar-refractivity contribution in [3.05, 3.63) is 23.9 Å². The summed E-state index contributed by atoms with van der Waals surface area (Å²) < 4.78 is 4.96. The van der Waals surface area contributed by atoms with Gasteiger partial charge in [-0.2, -0.15) is 0 Å². The number of ether oxygens (including phenoxy) is 1. The molecule has 1 fully saturated rings. The van der Waals surface area contributed by atoms with Crippen LogP contribution >= 0.6 is 0 Å². The zero-order chi connectivity index (χ0) is 15.4. The number of carboxylic acid groups (broad SMARTS) is 1. The van der Waals surface area contributed by atoms with Crippen LogP contribution in [-0.4, -0.2) is 46.7 Å². The Morgan fingerprint density at radius 1 is 1.52 bits per heavy atom. The smallest absolute Gasteiger partial charge is 0.326 e. The van der Waals surface area contributed by atoms with Gasteiger partial charge in [0.15, 0.2) is 0 Å². The molecule has 0 aliphatic carbocycles. The molecule has 0 spiro atoms. The number of urea groups is 1. The van der Waals surface area contributed by atoms with Crippen molar-refractivity contribution >= 4 is 12.0 Å². The molecule has 0 radical (unpaired) electrons. The van der Waals surface area contributed by atoms with Gasteiger partial charge in [-0.25, -0.2) is 14.6 Å². The number of amides is 2. The van der Waals surface area contributed by atoms with E-state index in [1.165, 1.54) is 12.0 Å². The highest BCUT2D eigenvalue weighted by atomic mass is 16.5. The van der Waals surface area contributed by atoms with Gasteiger partial charge in [0.1, 0.15) is 6.04 Å². The molecule has 0 aromatic carbocycles. The van der Waals surface area contributed by atoms with E-state index in [4.69, 9.17) is 4.74 Å². The van der Waals surface area contributed by atoms with Crippen LogP contribution in [0.3, 0.4) is 0 Å². The molecule has 2 heterocycles. The molecule has 0 bridgehead atoms. The number of aliphatic carboxylic acids is 1. The molecule has 2 rings (SSSR count). The molecule has 1 saturated heterocycles. The summed E-state index contributed by atoms with van der Waals surface area (Å²) in [4.78, 5) is 28.8. The van der Waals surface area contributed by atoms with E-state index in [-0.39, 0.29) is 11.9 Å². The lowest BCUT2D eigenvalue weighted by atomic mass is 10.0. The molecule has 1 aliphatic heterocycles. The number of rotatable bonds is 4. The standard InChI is InChI=1S/C14H19N3O4/c1-9-5-6-17(12(9)13(18)19)14(20)16-8-10-3-4-11(21-2)15-7-10/h3-4,7,9,12H,5-6,8H2,1-2H3,(H,16,20)(H,18,19). The lowest BCUT2D eigenvalue weighted by molar-refractivity contribution is -0.142. The monoisotopic (exact) mass is 293 g/mol. The van der Waals surface area contributed by atoms with Gasteiger partial charge < -0.3 is 20.1 Å². The Morgan fingerprint density at radius 3 is 2.86 bits per heavy atom. The molecule has 1 aromatic rings. The molecule has 7 nitrogen and oxygen atoms in total. The van der Waals surface area contributed by atoms with Crippen molar-refractivity contribution in [2.24, 2.45) is 5.92 Å². The number of carbonyl (C=O) groups is 2. The number of likely N-dealkylation sites (tertiary alicyclic amines) is 1. The number of aromatic nitrogens is 1. The maximum absolute atomic E-state index is 12.1. The number of methoxy groups -OCH3 is 1. The number of nitrogens with one attached hydrogen (secondary N) is 1. The molecular formula is C14H19N3O4. The Bertz CT molecular complexity index is 517. The first-order valence-electron chi connectivity index (χ1n) is 6.79. The number of hydrogen-bond donors (Lipinski definition) is 2. The van der Waals surface area contributed by atoms with Gasteiger partial charge in [-0.05, 0) is 17.9 Å². The van der Waals surface area contributed by atoms with Gasteiger partial charge in [0, 0.05) is 25.4 Å². The van der Waals surface area contributed by atoms with E-state index in [0.717, 1.165) is 5.56 Å². The van der Waals surface area contributed by atoms with Crippen LogP contribution in [0.5, 0.6) is 5.88 Å². The predicted molar refractivity (Wildman–Crippen MR) is 74.9 cm³/mol. The molecule has 2 unspecified atom stereocenters. The van der Waals surface area contributed by atoms with Crippen molar-refractivity contribution in [2.75, 3.05) is 13.7 Å². The zero-order valence-corrected chi connectivity index (χ0v) is 12.1. The van der Waals surface area contributed by atoms with Gasteiger partial charge in [-0.3, -0.25) is 0 Å².